The van der Waals surface area contributed by atoms with Gasteiger partial charge < -0.3 is 26.1 Å². The molecule has 7 nitrogen and oxygen atoms in total. The molecule has 0 spiro atoms. The van der Waals surface area contributed by atoms with E-state index in [9.17, 15) is 0 Å². The molecule has 1 aliphatic heterocycles. The van der Waals surface area contributed by atoms with Crippen LogP contribution < -0.4 is 5.32 Å². The van der Waals surface area contributed by atoms with Crippen molar-refractivity contribution in [3.63, 3.8) is 0 Å². The summed E-state index contributed by atoms with van der Waals surface area (Å²) in [5.41, 5.74) is 13.1. The number of rotatable bonds is 11. The van der Waals surface area contributed by atoms with Crippen molar-refractivity contribution in [2.75, 3.05) is 39.4 Å². The molecule has 5 aromatic rings. The zero-order valence-corrected chi connectivity index (χ0v) is 27.1. The first-order chi connectivity index (χ1) is 20.3. The van der Waals surface area contributed by atoms with E-state index < -0.39 is 0 Å². The zero-order chi connectivity index (χ0) is 28.1. The Morgan fingerprint density at radius 3 is 2.40 bits per heavy atom. The van der Waals surface area contributed by atoms with Crippen molar-refractivity contribution < 1.29 is 37.4 Å². The van der Waals surface area contributed by atoms with Crippen molar-refractivity contribution >= 4 is 21.8 Å². The van der Waals surface area contributed by atoms with Gasteiger partial charge in [0.2, 0.25) is 0 Å². The summed E-state index contributed by atoms with van der Waals surface area (Å²) in [6, 6.07) is 31.1. The van der Waals surface area contributed by atoms with Gasteiger partial charge in [0.25, 0.3) is 0 Å². The summed E-state index contributed by atoms with van der Waals surface area (Å²) in [5.74, 6) is 0.971. The number of fused-ring (bicyclic) bond motifs is 2. The fourth-order valence-electron chi connectivity index (χ4n) is 5.06. The minimum absolute atomic E-state index is 0. The van der Waals surface area contributed by atoms with E-state index in [0.29, 0.717) is 6.54 Å². The summed E-state index contributed by atoms with van der Waals surface area (Å²) < 4.78 is 5.38. The van der Waals surface area contributed by atoms with Gasteiger partial charge in [0, 0.05) is 52.3 Å². The molecule has 0 atom stereocenters. The smallest absolute Gasteiger partial charge is 0.121 e. The van der Waals surface area contributed by atoms with Gasteiger partial charge in [-0.2, -0.15) is 0 Å². The summed E-state index contributed by atoms with van der Waals surface area (Å²) in [5, 5.41) is 10.6. The molecule has 1 aliphatic rings. The molecule has 0 aliphatic carbocycles. The van der Waals surface area contributed by atoms with Gasteiger partial charge in [-0.15, -0.1) is 19.6 Å². The van der Waals surface area contributed by atoms with E-state index in [4.69, 9.17) is 15.8 Å². The number of aromatic amines is 1. The van der Waals surface area contributed by atoms with Gasteiger partial charge in [0.15, 0.2) is 0 Å². The SMILES string of the molecule is [NH-]Cc1cccc2ccccc12.[Y].c1ccc2[nH]c(CNCc3ccc(C[N-]CCCN4CCOCC4)cc3)nc2c1. The number of hydrogen-bond acceptors (Lipinski definition) is 4. The molecule has 1 saturated heterocycles. The Labute approximate surface area is 274 Å². The molecule has 2 heterocycles. The number of imidazole rings is 1. The fraction of sp³-hybridized carbons (Fsp3) is 0.324. The largest absolute Gasteiger partial charge is 0.674 e. The van der Waals surface area contributed by atoms with Gasteiger partial charge in [-0.25, -0.2) is 4.98 Å². The number of aromatic nitrogens is 2. The Kier molecular flexibility index (Phi) is 13.6. The second-order valence-electron chi connectivity index (χ2n) is 10.3. The van der Waals surface area contributed by atoms with Crippen LogP contribution in [0.1, 0.15) is 28.9 Å². The van der Waals surface area contributed by atoms with Crippen molar-refractivity contribution in [2.45, 2.75) is 32.6 Å². The predicted molar refractivity (Wildman–Crippen MR) is 169 cm³/mol. The Morgan fingerprint density at radius 1 is 0.857 bits per heavy atom. The predicted octanol–water partition coefficient (Wildman–Crippen LogP) is 6.84. The van der Waals surface area contributed by atoms with Crippen LogP contribution >= 0.6 is 0 Å². The quantitative estimate of drug-likeness (QED) is 0.155. The first-order valence-electron chi connectivity index (χ1n) is 14.6. The average molecular weight is 638 g/mol. The molecule has 217 valence electrons. The number of nitrogens with one attached hydrogen (secondary N) is 3. The number of benzene rings is 4. The van der Waals surface area contributed by atoms with E-state index >= 15 is 0 Å². The van der Waals surface area contributed by atoms with Crippen LogP contribution in [0.4, 0.5) is 0 Å². The Hall–Kier alpha value is -2.49. The first-order valence-corrected chi connectivity index (χ1v) is 14.6. The van der Waals surface area contributed by atoms with Gasteiger partial charge in [-0.05, 0) is 35.0 Å². The number of H-pyrrole nitrogens is 1. The van der Waals surface area contributed by atoms with Crippen LogP contribution in [0.3, 0.4) is 0 Å². The minimum atomic E-state index is 0. The monoisotopic (exact) mass is 637 g/mol. The molecule has 0 amide bonds. The van der Waals surface area contributed by atoms with Gasteiger partial charge in [-0.3, -0.25) is 4.90 Å². The molecule has 1 aromatic heterocycles. The molecule has 0 saturated carbocycles. The number of para-hydroxylation sites is 2. The molecule has 8 heteroatoms. The summed E-state index contributed by atoms with van der Waals surface area (Å²) >= 11 is 0. The fourth-order valence-corrected chi connectivity index (χ4v) is 5.06. The van der Waals surface area contributed by atoms with Crippen LogP contribution in [0, 0.1) is 0 Å². The maximum absolute atomic E-state index is 7.33. The normalized spacial score (nSPS) is 13.5. The second-order valence-corrected chi connectivity index (χ2v) is 10.3. The van der Waals surface area contributed by atoms with Crippen molar-refractivity contribution in [1.82, 2.24) is 20.2 Å². The van der Waals surface area contributed by atoms with E-state index in [1.165, 1.54) is 21.9 Å². The Bertz CT molecular complexity index is 1440. The molecule has 3 N–H and O–H groups in total. The van der Waals surface area contributed by atoms with Crippen LogP contribution in [-0.2, 0) is 63.6 Å². The van der Waals surface area contributed by atoms with Gasteiger partial charge in [-0.1, -0.05) is 96.4 Å². The molecule has 42 heavy (non-hydrogen) atoms. The maximum atomic E-state index is 7.33. The van der Waals surface area contributed by atoms with E-state index in [0.717, 1.165) is 87.9 Å². The van der Waals surface area contributed by atoms with Crippen LogP contribution in [0.2, 0.25) is 0 Å². The number of ether oxygens (including phenoxy) is 1. The van der Waals surface area contributed by atoms with Crippen molar-refractivity contribution in [2.24, 2.45) is 0 Å². The minimum Gasteiger partial charge on any atom is -0.674 e. The molecule has 4 aromatic carbocycles. The summed E-state index contributed by atoms with van der Waals surface area (Å²) in [7, 11) is 0. The van der Waals surface area contributed by atoms with E-state index in [1.54, 1.807) is 0 Å². The standard InChI is InChI=1S/C23H30N5O.C11H10N.Y/c1-2-5-22-21(4-1)26-23(27-22)18-25-17-20-8-6-19(7-9-20)16-24-10-3-11-28-12-14-29-15-13-28;12-8-10-6-3-5-9-4-1-2-7-11(9)10;/h1-2,4-9,25H,3,10-18H2,(H,26,27);1-7,12H,8H2;/q2*-1;. The molecule has 1 fully saturated rings. The molecule has 0 bridgehead atoms. The van der Waals surface area contributed by atoms with E-state index in [-0.39, 0.29) is 32.7 Å². The van der Waals surface area contributed by atoms with Crippen molar-refractivity contribution in [3.05, 3.63) is 125 Å². The average Bonchev–Trinajstić information content (AvgIpc) is 3.45. The zero-order valence-electron chi connectivity index (χ0n) is 24.3. The molecule has 0 unspecified atom stereocenters. The van der Waals surface area contributed by atoms with Gasteiger partial charge in [0.1, 0.15) is 5.82 Å². The molecule has 6 rings (SSSR count). The summed E-state index contributed by atoms with van der Waals surface area (Å²) in [4.78, 5) is 10.4. The Morgan fingerprint density at radius 2 is 1.60 bits per heavy atom. The van der Waals surface area contributed by atoms with Crippen LogP contribution in [0.25, 0.3) is 32.9 Å². The Balaban J connectivity index is 0.000000261. The number of nitrogens with zero attached hydrogens (tertiary/aromatic N) is 3. The molecule has 1 radical (unpaired) electrons. The maximum Gasteiger partial charge on any atom is 0.121 e. The van der Waals surface area contributed by atoms with Gasteiger partial charge in [0.05, 0.1) is 30.8 Å². The molecular weight excluding hydrogens is 597 g/mol. The van der Waals surface area contributed by atoms with Crippen LogP contribution in [-0.4, -0.2) is 54.3 Å². The van der Waals surface area contributed by atoms with Crippen LogP contribution in [0.5, 0.6) is 0 Å². The molecular formula is C34H40N6OY-2. The summed E-state index contributed by atoms with van der Waals surface area (Å²) in [6.07, 6.45) is 1.13. The third-order valence-corrected chi connectivity index (χ3v) is 7.34. The second kappa shape index (κ2) is 17.6. The van der Waals surface area contributed by atoms with Crippen LogP contribution in [0.15, 0.2) is 91.0 Å². The first kappa shape index (κ1) is 32.4. The van der Waals surface area contributed by atoms with Crippen molar-refractivity contribution in [3.8, 4) is 0 Å². The third-order valence-electron chi connectivity index (χ3n) is 7.34. The third kappa shape index (κ3) is 9.78. The number of hydrogen-bond donors (Lipinski definition) is 2. The van der Waals surface area contributed by atoms with Crippen molar-refractivity contribution in [1.29, 1.82) is 0 Å². The summed E-state index contributed by atoms with van der Waals surface area (Å²) in [6.45, 7) is 8.64. The topological polar surface area (TPSA) is 91.1 Å². The van der Waals surface area contributed by atoms with E-state index in [1.807, 2.05) is 42.5 Å². The van der Waals surface area contributed by atoms with Gasteiger partial charge >= 0.3 is 0 Å². The van der Waals surface area contributed by atoms with E-state index in [2.05, 4.69) is 68.7 Å². The number of morpholine rings is 1.